The molecule has 1 spiro atoms. The summed E-state index contributed by atoms with van der Waals surface area (Å²) in [5, 5.41) is 1.10. The van der Waals surface area contributed by atoms with Gasteiger partial charge in [0.1, 0.15) is 17.8 Å². The van der Waals surface area contributed by atoms with Crippen LogP contribution in [0.25, 0.3) is 11.0 Å². The molecule has 0 atom stereocenters. The zero-order chi connectivity index (χ0) is 18.9. The first kappa shape index (κ1) is 18.3. The summed E-state index contributed by atoms with van der Waals surface area (Å²) in [6.45, 7) is 3.99. The number of hydrogen-bond acceptors (Lipinski definition) is 4. The fourth-order valence-electron chi connectivity index (χ4n) is 5.02. The molecule has 1 saturated heterocycles. The van der Waals surface area contributed by atoms with Crippen LogP contribution >= 0.6 is 0 Å². The van der Waals surface area contributed by atoms with Crippen molar-refractivity contribution in [2.45, 2.75) is 64.3 Å². The SMILES string of the molecule is CCCC(=O)N1CCC2(CCC(N(C)c3ncnc4[nH]ccc34)CC2)CC1. The van der Waals surface area contributed by atoms with Gasteiger partial charge in [-0.2, -0.15) is 0 Å². The van der Waals surface area contributed by atoms with Crippen LogP contribution in [0.1, 0.15) is 58.3 Å². The largest absolute Gasteiger partial charge is 0.356 e. The predicted octanol–water partition coefficient (Wildman–Crippen LogP) is 3.75. The van der Waals surface area contributed by atoms with Crippen LogP contribution < -0.4 is 4.90 Å². The highest BCUT2D eigenvalue weighted by Gasteiger charge is 2.39. The third kappa shape index (κ3) is 3.54. The quantitative estimate of drug-likeness (QED) is 0.891. The summed E-state index contributed by atoms with van der Waals surface area (Å²) < 4.78 is 0. The summed E-state index contributed by atoms with van der Waals surface area (Å²) in [4.78, 5) is 28.6. The van der Waals surface area contributed by atoms with Crippen LogP contribution in [0.15, 0.2) is 18.6 Å². The zero-order valence-electron chi connectivity index (χ0n) is 16.6. The fourth-order valence-corrected chi connectivity index (χ4v) is 5.02. The van der Waals surface area contributed by atoms with Gasteiger partial charge in [0.25, 0.3) is 0 Å². The van der Waals surface area contributed by atoms with E-state index in [2.05, 4.69) is 44.8 Å². The Kier molecular flexibility index (Phi) is 5.06. The second kappa shape index (κ2) is 7.49. The van der Waals surface area contributed by atoms with Gasteiger partial charge in [-0.25, -0.2) is 9.97 Å². The molecule has 4 rings (SSSR count). The van der Waals surface area contributed by atoms with Crippen LogP contribution in [0.3, 0.4) is 0 Å². The van der Waals surface area contributed by atoms with Crippen molar-refractivity contribution in [2.24, 2.45) is 5.41 Å². The number of carbonyl (C=O) groups excluding carboxylic acids is 1. The topological polar surface area (TPSA) is 65.1 Å². The molecule has 2 fully saturated rings. The Morgan fingerprint density at radius 2 is 2.00 bits per heavy atom. The lowest BCUT2D eigenvalue weighted by molar-refractivity contribution is -0.134. The first-order valence-electron chi connectivity index (χ1n) is 10.4. The van der Waals surface area contributed by atoms with E-state index in [4.69, 9.17) is 0 Å². The molecule has 0 unspecified atom stereocenters. The van der Waals surface area contributed by atoms with Gasteiger partial charge >= 0.3 is 0 Å². The maximum Gasteiger partial charge on any atom is 0.222 e. The number of amides is 1. The van der Waals surface area contributed by atoms with Crippen LogP contribution in [-0.4, -0.2) is 51.9 Å². The third-order valence-corrected chi connectivity index (χ3v) is 6.87. The molecule has 1 aliphatic carbocycles. The van der Waals surface area contributed by atoms with Crippen molar-refractivity contribution in [3.05, 3.63) is 18.6 Å². The molecular weight excluding hydrogens is 338 g/mol. The van der Waals surface area contributed by atoms with Gasteiger partial charge in [0.05, 0.1) is 5.39 Å². The minimum atomic E-state index is 0.347. The van der Waals surface area contributed by atoms with Crippen LogP contribution in [0.5, 0.6) is 0 Å². The highest BCUT2D eigenvalue weighted by molar-refractivity contribution is 5.87. The van der Waals surface area contributed by atoms with E-state index in [1.54, 1.807) is 6.33 Å². The van der Waals surface area contributed by atoms with Crippen LogP contribution in [-0.2, 0) is 4.79 Å². The molecular formula is C21H31N5O. The van der Waals surface area contributed by atoms with Gasteiger partial charge in [-0.1, -0.05) is 6.92 Å². The van der Waals surface area contributed by atoms with Crippen molar-refractivity contribution < 1.29 is 4.79 Å². The van der Waals surface area contributed by atoms with Crippen molar-refractivity contribution in [2.75, 3.05) is 25.0 Å². The molecule has 27 heavy (non-hydrogen) atoms. The second-order valence-electron chi connectivity index (χ2n) is 8.41. The second-order valence-corrected chi connectivity index (χ2v) is 8.41. The van der Waals surface area contributed by atoms with Crippen LogP contribution in [0.4, 0.5) is 5.82 Å². The van der Waals surface area contributed by atoms with Gasteiger partial charge in [-0.3, -0.25) is 4.79 Å². The van der Waals surface area contributed by atoms with Crippen molar-refractivity contribution >= 4 is 22.8 Å². The summed E-state index contributed by atoms with van der Waals surface area (Å²) >= 11 is 0. The van der Waals surface area contributed by atoms with Gasteiger partial charge < -0.3 is 14.8 Å². The van der Waals surface area contributed by atoms with E-state index in [0.717, 1.165) is 36.4 Å². The van der Waals surface area contributed by atoms with Gasteiger partial charge in [0, 0.05) is 38.8 Å². The molecule has 6 heteroatoms. The molecule has 146 valence electrons. The summed E-state index contributed by atoms with van der Waals surface area (Å²) in [5.41, 5.74) is 1.36. The molecule has 1 N–H and O–H groups in total. The van der Waals surface area contributed by atoms with E-state index >= 15 is 0 Å². The lowest BCUT2D eigenvalue weighted by Crippen LogP contribution is -2.46. The van der Waals surface area contributed by atoms with E-state index in [-0.39, 0.29) is 0 Å². The molecule has 6 nitrogen and oxygen atoms in total. The van der Waals surface area contributed by atoms with Crippen LogP contribution in [0.2, 0.25) is 0 Å². The normalized spacial score (nSPS) is 20.3. The highest BCUT2D eigenvalue weighted by atomic mass is 16.2. The van der Waals surface area contributed by atoms with Gasteiger partial charge in [-0.05, 0) is 56.4 Å². The van der Waals surface area contributed by atoms with E-state index in [9.17, 15) is 4.79 Å². The number of rotatable bonds is 4. The minimum Gasteiger partial charge on any atom is -0.356 e. The number of anilines is 1. The monoisotopic (exact) mass is 369 g/mol. The number of nitrogens with one attached hydrogen (secondary N) is 1. The van der Waals surface area contributed by atoms with E-state index in [0.29, 0.717) is 23.8 Å². The zero-order valence-corrected chi connectivity index (χ0v) is 16.6. The Hall–Kier alpha value is -2.11. The van der Waals surface area contributed by atoms with Crippen molar-refractivity contribution in [1.29, 1.82) is 0 Å². The Bertz CT molecular complexity index is 783. The molecule has 2 aromatic rings. The number of hydrogen-bond donors (Lipinski definition) is 1. The fraction of sp³-hybridized carbons (Fsp3) is 0.667. The first-order chi connectivity index (χ1) is 13.1. The Morgan fingerprint density at radius 1 is 1.26 bits per heavy atom. The Balaban J connectivity index is 1.37. The maximum atomic E-state index is 12.2. The number of carbonyl (C=O) groups is 1. The molecule has 2 aliphatic rings. The first-order valence-corrected chi connectivity index (χ1v) is 10.4. The smallest absolute Gasteiger partial charge is 0.222 e. The molecule has 1 aliphatic heterocycles. The molecule has 0 bridgehead atoms. The summed E-state index contributed by atoms with van der Waals surface area (Å²) in [6.07, 6.45) is 12.5. The molecule has 2 aromatic heterocycles. The minimum absolute atomic E-state index is 0.347. The lowest BCUT2D eigenvalue weighted by Gasteiger charge is -2.47. The number of H-pyrrole nitrogens is 1. The summed E-state index contributed by atoms with van der Waals surface area (Å²) in [7, 11) is 2.17. The average molecular weight is 370 g/mol. The highest BCUT2D eigenvalue weighted by Crippen LogP contribution is 2.46. The molecule has 1 saturated carbocycles. The van der Waals surface area contributed by atoms with E-state index < -0.39 is 0 Å². The van der Waals surface area contributed by atoms with Gasteiger partial charge in [0.2, 0.25) is 5.91 Å². The molecule has 3 heterocycles. The predicted molar refractivity (Wildman–Crippen MR) is 108 cm³/mol. The van der Waals surface area contributed by atoms with Crippen molar-refractivity contribution in [3.8, 4) is 0 Å². The lowest BCUT2D eigenvalue weighted by atomic mass is 9.66. The number of fused-ring (bicyclic) bond motifs is 1. The van der Waals surface area contributed by atoms with Crippen LogP contribution in [0, 0.1) is 5.41 Å². The number of aromatic amines is 1. The standard InChI is InChI=1S/C21H31N5O/c1-3-4-18(27)26-13-10-21(11-14-26)8-5-16(6-9-21)25(2)20-17-7-12-22-19(17)23-15-24-20/h7,12,15-16H,3-6,8-11,13-14H2,1-2H3,(H,22,23,24). The third-order valence-electron chi connectivity index (χ3n) is 6.87. The number of aromatic nitrogens is 3. The average Bonchev–Trinajstić information content (AvgIpc) is 3.18. The van der Waals surface area contributed by atoms with Gasteiger partial charge in [0.15, 0.2) is 0 Å². The maximum absolute atomic E-state index is 12.2. The van der Waals surface area contributed by atoms with E-state index in [1.165, 1.54) is 38.5 Å². The van der Waals surface area contributed by atoms with Gasteiger partial charge in [-0.15, -0.1) is 0 Å². The van der Waals surface area contributed by atoms with E-state index in [1.807, 2.05) is 6.20 Å². The number of piperidine rings is 1. The summed E-state index contributed by atoms with van der Waals surface area (Å²) in [6, 6.07) is 2.59. The number of nitrogens with zero attached hydrogens (tertiary/aromatic N) is 4. The molecule has 1 amide bonds. The van der Waals surface area contributed by atoms with Crippen molar-refractivity contribution in [1.82, 2.24) is 19.9 Å². The Morgan fingerprint density at radius 3 is 2.70 bits per heavy atom. The molecule has 0 aromatic carbocycles. The Labute approximate surface area is 161 Å². The summed E-state index contributed by atoms with van der Waals surface area (Å²) in [5.74, 6) is 1.38. The number of likely N-dealkylation sites (tertiary alicyclic amines) is 1. The molecule has 0 radical (unpaired) electrons. The van der Waals surface area contributed by atoms with Crippen molar-refractivity contribution in [3.63, 3.8) is 0 Å².